The van der Waals surface area contributed by atoms with Gasteiger partial charge in [0.1, 0.15) is 0 Å². The maximum absolute atomic E-state index is 12.3. The fourth-order valence-corrected chi connectivity index (χ4v) is 4.04. The molecule has 1 aromatic carbocycles. The van der Waals surface area contributed by atoms with Gasteiger partial charge in [-0.05, 0) is 43.4 Å². The van der Waals surface area contributed by atoms with E-state index in [2.05, 4.69) is 6.07 Å². The maximum Gasteiger partial charge on any atom is 0.214 e. The first-order chi connectivity index (χ1) is 9.13. The van der Waals surface area contributed by atoms with E-state index in [4.69, 9.17) is 5.73 Å². The van der Waals surface area contributed by atoms with Crippen LogP contribution in [0.2, 0.25) is 0 Å². The Labute approximate surface area is 115 Å². The Bertz CT molecular complexity index is 514. The number of benzene rings is 1. The van der Waals surface area contributed by atoms with Crippen LogP contribution in [-0.4, -0.2) is 31.6 Å². The summed E-state index contributed by atoms with van der Waals surface area (Å²) < 4.78 is 26.3. The van der Waals surface area contributed by atoms with Crippen LogP contribution in [0.5, 0.6) is 0 Å². The lowest BCUT2D eigenvalue weighted by Gasteiger charge is -2.20. The van der Waals surface area contributed by atoms with Crippen molar-refractivity contribution in [2.24, 2.45) is 5.73 Å². The van der Waals surface area contributed by atoms with Crippen LogP contribution in [0.15, 0.2) is 24.3 Å². The molecule has 106 valence electrons. The summed E-state index contributed by atoms with van der Waals surface area (Å²) >= 11 is 0. The molecule has 0 aromatic heterocycles. The monoisotopic (exact) mass is 282 g/mol. The number of hydrogen-bond donors (Lipinski definition) is 1. The van der Waals surface area contributed by atoms with Crippen LogP contribution >= 0.6 is 0 Å². The molecule has 2 rings (SSSR count). The molecule has 0 aliphatic carbocycles. The normalized spacial score (nSPS) is 16.9. The number of nitrogens with zero attached hydrogens (tertiary/aromatic N) is 1. The molecule has 0 radical (unpaired) electrons. The van der Waals surface area contributed by atoms with Gasteiger partial charge in [-0.2, -0.15) is 4.31 Å². The van der Waals surface area contributed by atoms with Crippen LogP contribution in [-0.2, 0) is 23.0 Å². The Morgan fingerprint density at radius 1 is 1.16 bits per heavy atom. The summed E-state index contributed by atoms with van der Waals surface area (Å²) in [6.45, 7) is 1.69. The zero-order valence-corrected chi connectivity index (χ0v) is 12.0. The zero-order valence-electron chi connectivity index (χ0n) is 11.2. The summed E-state index contributed by atoms with van der Waals surface area (Å²) in [6, 6.07) is 8.12. The van der Waals surface area contributed by atoms with Gasteiger partial charge in [-0.15, -0.1) is 0 Å². The molecule has 0 unspecified atom stereocenters. The van der Waals surface area contributed by atoms with Crippen LogP contribution in [0.4, 0.5) is 0 Å². The molecular formula is C14H22N2O2S. The standard InChI is InChI=1S/C14H22N2O2S/c15-9-3-4-11-19(17,18)16-10-5-8-13-6-1-2-7-14(13)12-16/h1-2,6-7H,3-5,8-12,15H2. The lowest BCUT2D eigenvalue weighted by atomic mass is 10.0. The average molecular weight is 282 g/mol. The largest absolute Gasteiger partial charge is 0.330 e. The Kier molecular flexibility index (Phi) is 4.96. The summed E-state index contributed by atoms with van der Waals surface area (Å²) in [7, 11) is -3.14. The maximum atomic E-state index is 12.3. The number of sulfonamides is 1. The molecule has 2 N–H and O–H groups in total. The minimum Gasteiger partial charge on any atom is -0.330 e. The van der Waals surface area contributed by atoms with E-state index in [1.807, 2.05) is 18.2 Å². The Morgan fingerprint density at radius 3 is 2.63 bits per heavy atom. The Morgan fingerprint density at radius 2 is 1.89 bits per heavy atom. The highest BCUT2D eigenvalue weighted by Crippen LogP contribution is 2.21. The number of rotatable bonds is 5. The summed E-state index contributed by atoms with van der Waals surface area (Å²) in [6.07, 6.45) is 3.28. The smallest absolute Gasteiger partial charge is 0.214 e. The van der Waals surface area contributed by atoms with E-state index in [-0.39, 0.29) is 5.75 Å². The topological polar surface area (TPSA) is 63.4 Å². The number of hydrogen-bond acceptors (Lipinski definition) is 3. The van der Waals surface area contributed by atoms with Crippen molar-refractivity contribution >= 4 is 10.0 Å². The van der Waals surface area contributed by atoms with Crippen LogP contribution < -0.4 is 5.73 Å². The third kappa shape index (κ3) is 3.78. The molecule has 0 spiro atoms. The first-order valence-electron chi connectivity index (χ1n) is 6.88. The van der Waals surface area contributed by atoms with Crippen molar-refractivity contribution in [3.8, 4) is 0 Å². The number of unbranched alkanes of at least 4 members (excludes halogenated alkanes) is 1. The molecule has 0 saturated carbocycles. The van der Waals surface area contributed by atoms with E-state index in [1.165, 1.54) is 5.56 Å². The second-order valence-corrected chi connectivity index (χ2v) is 7.11. The predicted molar refractivity (Wildman–Crippen MR) is 77.2 cm³/mol. The molecule has 1 aromatic rings. The molecule has 0 amide bonds. The summed E-state index contributed by atoms with van der Waals surface area (Å²) in [5.41, 5.74) is 7.84. The number of nitrogens with two attached hydrogens (primary N) is 1. The van der Waals surface area contributed by atoms with E-state index >= 15 is 0 Å². The lowest BCUT2D eigenvalue weighted by molar-refractivity contribution is 0.409. The number of fused-ring (bicyclic) bond motifs is 1. The summed E-state index contributed by atoms with van der Waals surface area (Å²) in [4.78, 5) is 0. The van der Waals surface area contributed by atoms with Gasteiger partial charge in [0.2, 0.25) is 10.0 Å². The van der Waals surface area contributed by atoms with Crippen LogP contribution in [0.25, 0.3) is 0 Å². The van der Waals surface area contributed by atoms with Crippen molar-refractivity contribution in [1.29, 1.82) is 0 Å². The highest BCUT2D eigenvalue weighted by atomic mass is 32.2. The van der Waals surface area contributed by atoms with Gasteiger partial charge in [-0.25, -0.2) is 8.42 Å². The molecule has 19 heavy (non-hydrogen) atoms. The molecule has 4 nitrogen and oxygen atoms in total. The Balaban J connectivity index is 2.09. The summed E-state index contributed by atoms with van der Waals surface area (Å²) in [5.74, 6) is 0.215. The number of aryl methyl sites for hydroxylation is 1. The summed E-state index contributed by atoms with van der Waals surface area (Å²) in [5, 5.41) is 0. The van der Waals surface area contributed by atoms with Crippen molar-refractivity contribution in [3.05, 3.63) is 35.4 Å². The molecule has 0 atom stereocenters. The third-order valence-electron chi connectivity index (χ3n) is 3.57. The fourth-order valence-electron chi connectivity index (χ4n) is 2.47. The van der Waals surface area contributed by atoms with Crippen LogP contribution in [0, 0.1) is 0 Å². The quantitative estimate of drug-likeness (QED) is 0.833. The van der Waals surface area contributed by atoms with Crippen molar-refractivity contribution in [2.75, 3.05) is 18.8 Å². The molecule has 0 saturated heterocycles. The van der Waals surface area contributed by atoms with Crippen molar-refractivity contribution < 1.29 is 8.42 Å². The fraction of sp³-hybridized carbons (Fsp3) is 0.571. The van der Waals surface area contributed by atoms with Crippen LogP contribution in [0.1, 0.15) is 30.4 Å². The predicted octanol–water partition coefficient (Wildman–Crippen LogP) is 1.50. The minimum absolute atomic E-state index is 0.215. The highest BCUT2D eigenvalue weighted by Gasteiger charge is 2.24. The van der Waals surface area contributed by atoms with E-state index < -0.39 is 10.0 Å². The van der Waals surface area contributed by atoms with Gasteiger partial charge >= 0.3 is 0 Å². The average Bonchev–Trinajstić information content (AvgIpc) is 2.61. The van der Waals surface area contributed by atoms with Gasteiger partial charge in [0.25, 0.3) is 0 Å². The van der Waals surface area contributed by atoms with Gasteiger partial charge in [0.05, 0.1) is 5.75 Å². The first kappa shape index (κ1) is 14.5. The van der Waals surface area contributed by atoms with E-state index in [1.54, 1.807) is 4.31 Å². The molecular weight excluding hydrogens is 260 g/mol. The van der Waals surface area contributed by atoms with E-state index in [0.717, 1.165) is 24.8 Å². The third-order valence-corrected chi connectivity index (χ3v) is 5.47. The molecule has 1 aliphatic rings. The van der Waals surface area contributed by atoms with Crippen LogP contribution in [0.3, 0.4) is 0 Å². The van der Waals surface area contributed by atoms with Crippen molar-refractivity contribution in [1.82, 2.24) is 4.31 Å². The Hall–Kier alpha value is -0.910. The molecule has 1 aliphatic heterocycles. The minimum atomic E-state index is -3.14. The van der Waals surface area contributed by atoms with Crippen molar-refractivity contribution in [3.63, 3.8) is 0 Å². The van der Waals surface area contributed by atoms with Gasteiger partial charge in [-0.3, -0.25) is 0 Å². The van der Waals surface area contributed by atoms with Gasteiger partial charge < -0.3 is 5.73 Å². The van der Waals surface area contributed by atoms with Gasteiger partial charge in [-0.1, -0.05) is 24.3 Å². The molecule has 0 fully saturated rings. The van der Waals surface area contributed by atoms with Gasteiger partial charge in [0.15, 0.2) is 0 Å². The molecule has 0 bridgehead atoms. The van der Waals surface area contributed by atoms with E-state index in [0.29, 0.717) is 26.1 Å². The molecule has 1 heterocycles. The lowest BCUT2D eigenvalue weighted by Crippen LogP contribution is -2.33. The molecule has 5 heteroatoms. The highest BCUT2D eigenvalue weighted by molar-refractivity contribution is 7.89. The zero-order chi connectivity index (χ0) is 13.7. The van der Waals surface area contributed by atoms with Gasteiger partial charge in [0, 0.05) is 13.1 Å². The van der Waals surface area contributed by atoms with Crippen molar-refractivity contribution in [2.45, 2.75) is 32.2 Å². The first-order valence-corrected chi connectivity index (χ1v) is 8.49. The second-order valence-electron chi connectivity index (χ2n) is 5.02. The second kappa shape index (κ2) is 6.50. The van der Waals surface area contributed by atoms with E-state index in [9.17, 15) is 8.42 Å². The SMILES string of the molecule is NCCCCS(=O)(=O)N1CCCc2ccccc2C1.